The van der Waals surface area contributed by atoms with Gasteiger partial charge in [-0.1, -0.05) is 64.6 Å². The molecule has 0 amide bonds. The average Bonchev–Trinajstić information content (AvgIpc) is 3.12. The summed E-state index contributed by atoms with van der Waals surface area (Å²) in [6.07, 6.45) is 2.18. The summed E-state index contributed by atoms with van der Waals surface area (Å²) in [5.74, 6) is 0. The number of benzene rings is 2. The van der Waals surface area contributed by atoms with Crippen molar-refractivity contribution < 1.29 is 0 Å². The molecule has 0 N–H and O–H groups in total. The van der Waals surface area contributed by atoms with Crippen LogP contribution in [-0.4, -0.2) is 7.28 Å². The number of rotatable bonds is 3. The fraction of sp³-hybridized carbons (Fsp3) is 0.391. The van der Waals surface area contributed by atoms with Gasteiger partial charge in [-0.05, 0) is 68.5 Å². The molecule has 0 unspecified atom stereocenters. The lowest BCUT2D eigenvalue weighted by molar-refractivity contribution is 0.157. The fourth-order valence-electron chi connectivity index (χ4n) is 3.48. The highest BCUT2D eigenvalue weighted by atomic mass is 32.1. The van der Waals surface area contributed by atoms with Crippen molar-refractivity contribution in [3.05, 3.63) is 52.9 Å². The molecular formula is C23H26BS. The van der Waals surface area contributed by atoms with Crippen molar-refractivity contribution in [2.45, 2.75) is 47.4 Å². The Hall–Kier alpha value is -1.54. The molecule has 0 bridgehead atoms. The van der Waals surface area contributed by atoms with Crippen molar-refractivity contribution in [3.63, 3.8) is 0 Å². The monoisotopic (exact) mass is 345 g/mol. The summed E-state index contributed by atoms with van der Waals surface area (Å²) in [7, 11) is 2.42. The Kier molecular flexibility index (Phi) is 3.88. The zero-order valence-corrected chi connectivity index (χ0v) is 16.8. The van der Waals surface area contributed by atoms with Crippen LogP contribution in [0.2, 0.25) is 6.32 Å². The lowest BCUT2D eigenvalue weighted by atomic mass is 9.53. The minimum absolute atomic E-state index is 0.291. The highest BCUT2D eigenvalue weighted by molar-refractivity contribution is 7.17. The van der Waals surface area contributed by atoms with E-state index in [9.17, 15) is 0 Å². The van der Waals surface area contributed by atoms with Crippen LogP contribution in [0.5, 0.6) is 0 Å². The molecule has 4 rings (SSSR count). The van der Waals surface area contributed by atoms with E-state index >= 15 is 0 Å². The van der Waals surface area contributed by atoms with Crippen LogP contribution in [0.3, 0.4) is 0 Å². The van der Waals surface area contributed by atoms with Crippen molar-refractivity contribution in [3.8, 4) is 11.1 Å². The zero-order valence-electron chi connectivity index (χ0n) is 15.9. The average molecular weight is 345 g/mol. The quantitative estimate of drug-likeness (QED) is 0.383. The van der Waals surface area contributed by atoms with Crippen LogP contribution in [0.4, 0.5) is 0 Å². The zero-order chi connectivity index (χ0) is 17.8. The lowest BCUT2D eigenvalue weighted by Gasteiger charge is -2.39. The Labute approximate surface area is 156 Å². The maximum absolute atomic E-state index is 2.42. The SMILES string of the molecule is CC(C)(C)C(C)(C)C[B]c1ccc2c(c1)Cc1cc3sccc3cc1-2. The van der Waals surface area contributed by atoms with E-state index in [1.54, 1.807) is 0 Å². The van der Waals surface area contributed by atoms with Gasteiger partial charge in [-0.3, -0.25) is 0 Å². The van der Waals surface area contributed by atoms with Crippen LogP contribution in [0.1, 0.15) is 45.7 Å². The van der Waals surface area contributed by atoms with Gasteiger partial charge < -0.3 is 0 Å². The third kappa shape index (κ3) is 2.95. The third-order valence-corrected chi connectivity index (χ3v) is 7.24. The van der Waals surface area contributed by atoms with Crippen LogP contribution in [0.25, 0.3) is 21.2 Å². The second-order valence-electron chi connectivity index (χ2n) is 9.10. The molecular weight excluding hydrogens is 319 g/mol. The van der Waals surface area contributed by atoms with Crippen molar-refractivity contribution in [2.75, 3.05) is 0 Å². The fourth-order valence-corrected chi connectivity index (χ4v) is 4.32. The molecule has 0 fully saturated rings. The minimum atomic E-state index is 0.291. The first-order valence-corrected chi connectivity index (χ1v) is 10.1. The molecule has 0 atom stereocenters. The molecule has 0 saturated heterocycles. The van der Waals surface area contributed by atoms with Gasteiger partial charge in [0.25, 0.3) is 0 Å². The second-order valence-corrected chi connectivity index (χ2v) is 10.1. The normalized spacial score (nSPS) is 13.8. The molecule has 0 saturated carbocycles. The first-order valence-electron chi connectivity index (χ1n) is 9.21. The van der Waals surface area contributed by atoms with Gasteiger partial charge in [-0.25, -0.2) is 0 Å². The smallest absolute Gasteiger partial charge is 0.144 e. The molecule has 1 aliphatic rings. The minimum Gasteiger partial charge on any atom is -0.144 e. The van der Waals surface area contributed by atoms with Crippen LogP contribution in [0, 0.1) is 10.8 Å². The van der Waals surface area contributed by atoms with Crippen LogP contribution in [0.15, 0.2) is 41.8 Å². The van der Waals surface area contributed by atoms with Gasteiger partial charge >= 0.3 is 0 Å². The van der Waals surface area contributed by atoms with Crippen molar-refractivity contribution in [1.29, 1.82) is 0 Å². The molecule has 1 heterocycles. The molecule has 3 aromatic rings. The molecule has 2 heteroatoms. The maximum Gasteiger partial charge on any atom is 0.152 e. The van der Waals surface area contributed by atoms with Gasteiger partial charge in [0.2, 0.25) is 0 Å². The van der Waals surface area contributed by atoms with Crippen molar-refractivity contribution >= 4 is 34.2 Å². The molecule has 0 spiro atoms. The van der Waals surface area contributed by atoms with Gasteiger partial charge in [0.1, 0.15) is 0 Å². The predicted molar refractivity (Wildman–Crippen MR) is 113 cm³/mol. The Balaban J connectivity index is 1.59. The van der Waals surface area contributed by atoms with Gasteiger partial charge in [0, 0.05) is 4.70 Å². The van der Waals surface area contributed by atoms with Crippen LogP contribution >= 0.6 is 11.3 Å². The summed E-state index contributed by atoms with van der Waals surface area (Å²) >= 11 is 1.84. The Morgan fingerprint density at radius 1 is 0.920 bits per heavy atom. The summed E-state index contributed by atoms with van der Waals surface area (Å²) in [5, 5.41) is 3.56. The van der Waals surface area contributed by atoms with E-state index in [1.165, 1.54) is 37.8 Å². The van der Waals surface area contributed by atoms with Gasteiger partial charge in [-0.15, -0.1) is 11.3 Å². The molecule has 127 valence electrons. The summed E-state index contributed by atoms with van der Waals surface area (Å²) in [4.78, 5) is 0. The maximum atomic E-state index is 2.42. The van der Waals surface area contributed by atoms with Crippen molar-refractivity contribution in [1.82, 2.24) is 0 Å². The standard InChI is InChI=1S/C23H26BS/c1-22(2,3)23(4,5)14-24-18-6-7-19-16(11-18)10-17-13-21-15(8-9-25-21)12-20(17)19/h6-9,11-13H,10,14H2,1-5H3. The molecule has 2 aromatic carbocycles. The predicted octanol–water partition coefficient (Wildman–Crippen LogP) is 6.29. The van der Waals surface area contributed by atoms with Gasteiger partial charge in [0.15, 0.2) is 7.28 Å². The molecule has 1 aromatic heterocycles. The first-order chi connectivity index (χ1) is 11.7. The highest BCUT2D eigenvalue weighted by Gasteiger charge is 2.32. The van der Waals surface area contributed by atoms with Crippen LogP contribution in [-0.2, 0) is 6.42 Å². The van der Waals surface area contributed by atoms with Gasteiger partial charge in [-0.2, -0.15) is 0 Å². The molecule has 1 radical (unpaired) electrons. The second kappa shape index (κ2) is 5.74. The number of thiophene rings is 1. The van der Waals surface area contributed by atoms with E-state index in [2.05, 4.69) is 83.7 Å². The molecule has 0 aliphatic heterocycles. The van der Waals surface area contributed by atoms with Gasteiger partial charge in [0.05, 0.1) is 0 Å². The van der Waals surface area contributed by atoms with Crippen LogP contribution < -0.4 is 5.46 Å². The Morgan fingerprint density at radius 2 is 1.68 bits per heavy atom. The largest absolute Gasteiger partial charge is 0.152 e. The number of fused-ring (bicyclic) bond motifs is 4. The van der Waals surface area contributed by atoms with E-state index in [1.807, 2.05) is 11.3 Å². The topological polar surface area (TPSA) is 0 Å². The lowest BCUT2D eigenvalue weighted by Crippen LogP contribution is -2.33. The molecule has 1 aliphatic carbocycles. The van der Waals surface area contributed by atoms with E-state index < -0.39 is 0 Å². The Morgan fingerprint density at radius 3 is 2.44 bits per heavy atom. The number of hydrogen-bond donors (Lipinski definition) is 0. The highest BCUT2D eigenvalue weighted by Crippen LogP contribution is 2.42. The van der Waals surface area contributed by atoms with E-state index in [0.29, 0.717) is 10.8 Å². The number of hydrogen-bond acceptors (Lipinski definition) is 1. The Bertz CT molecular complexity index is 940. The van der Waals surface area contributed by atoms with E-state index in [0.717, 1.165) is 12.7 Å². The third-order valence-electron chi connectivity index (χ3n) is 6.36. The first kappa shape index (κ1) is 16.9. The summed E-state index contributed by atoms with van der Waals surface area (Å²) in [5.41, 5.74) is 7.79. The van der Waals surface area contributed by atoms with E-state index in [4.69, 9.17) is 0 Å². The van der Waals surface area contributed by atoms with E-state index in [-0.39, 0.29) is 0 Å². The van der Waals surface area contributed by atoms with Crippen molar-refractivity contribution in [2.24, 2.45) is 10.8 Å². The summed E-state index contributed by atoms with van der Waals surface area (Å²) < 4.78 is 1.41. The summed E-state index contributed by atoms with van der Waals surface area (Å²) in [6, 6.07) is 14.0. The molecule has 25 heavy (non-hydrogen) atoms. The summed E-state index contributed by atoms with van der Waals surface area (Å²) in [6.45, 7) is 11.8. The molecule has 0 nitrogen and oxygen atoms in total.